The van der Waals surface area contributed by atoms with Gasteiger partial charge in [0.25, 0.3) is 0 Å². The van der Waals surface area contributed by atoms with Gasteiger partial charge in [-0.2, -0.15) is 0 Å². The quantitative estimate of drug-likeness (QED) is 0.689. The summed E-state index contributed by atoms with van der Waals surface area (Å²) in [5.74, 6) is 2.81. The summed E-state index contributed by atoms with van der Waals surface area (Å²) < 4.78 is 5.47. The molecule has 3 heterocycles. The third-order valence-corrected chi connectivity index (χ3v) is 7.31. The van der Waals surface area contributed by atoms with E-state index >= 15 is 0 Å². The first-order valence-electron chi connectivity index (χ1n) is 5.55. The van der Waals surface area contributed by atoms with Crippen molar-refractivity contribution in [2.75, 3.05) is 5.75 Å². The molecule has 1 aromatic carbocycles. The maximum absolute atomic E-state index is 12.0. The van der Waals surface area contributed by atoms with Crippen LogP contribution in [-0.2, 0) is 11.5 Å². The molecule has 18 heavy (non-hydrogen) atoms. The first-order valence-corrected chi connectivity index (χ1v) is 9.31. The van der Waals surface area contributed by atoms with Crippen LogP contribution in [0.5, 0.6) is 0 Å². The topological polar surface area (TPSA) is 42.9 Å². The maximum atomic E-state index is 12.0. The Morgan fingerprint density at radius 1 is 1.11 bits per heavy atom. The number of aromatic nitrogens is 2. The number of benzene rings is 1. The summed E-state index contributed by atoms with van der Waals surface area (Å²) in [6, 6.07) is 4.26. The fourth-order valence-electron chi connectivity index (χ4n) is 2.33. The molecule has 4 rings (SSSR count). The predicted octanol–water partition coefficient (Wildman–Crippen LogP) is 2.24. The molecular formula is C12H8N2OS2Se. The van der Waals surface area contributed by atoms with Crippen molar-refractivity contribution >= 4 is 44.0 Å². The number of hydrogen-bond acceptors (Lipinski definition) is 5. The number of rotatable bonds is 0. The van der Waals surface area contributed by atoms with Crippen LogP contribution in [0.15, 0.2) is 15.9 Å². The van der Waals surface area contributed by atoms with E-state index in [1.165, 1.54) is 14.9 Å². The van der Waals surface area contributed by atoms with Crippen molar-refractivity contribution in [2.45, 2.75) is 15.3 Å². The normalized spacial score (nSPS) is 17.0. The van der Waals surface area contributed by atoms with Crippen molar-refractivity contribution in [1.29, 1.82) is 0 Å². The fourth-order valence-corrected chi connectivity index (χ4v) is 5.88. The second-order valence-electron chi connectivity index (χ2n) is 4.28. The molecule has 90 valence electrons. The molecule has 0 atom stereocenters. The van der Waals surface area contributed by atoms with Crippen LogP contribution in [0.25, 0.3) is 11.3 Å². The van der Waals surface area contributed by atoms with Gasteiger partial charge < -0.3 is 0 Å². The third kappa shape index (κ3) is 1.63. The van der Waals surface area contributed by atoms with Crippen LogP contribution in [0.2, 0.25) is 0 Å². The van der Waals surface area contributed by atoms with Gasteiger partial charge in [-0.15, -0.1) is 0 Å². The minimum atomic E-state index is 0.160. The first kappa shape index (κ1) is 11.3. The van der Waals surface area contributed by atoms with Crippen molar-refractivity contribution in [3.8, 4) is 11.3 Å². The zero-order valence-corrected chi connectivity index (χ0v) is 12.6. The van der Waals surface area contributed by atoms with Gasteiger partial charge in [-0.3, -0.25) is 0 Å². The van der Waals surface area contributed by atoms with Gasteiger partial charge in [-0.05, 0) is 0 Å². The molecule has 0 saturated carbocycles. The SMILES string of the molecule is O=C1CSCc2cc3c(cc21)-c1nn[se]c1SC3. The predicted molar refractivity (Wildman–Crippen MR) is 74.5 cm³/mol. The Labute approximate surface area is 119 Å². The van der Waals surface area contributed by atoms with Gasteiger partial charge in [0.05, 0.1) is 0 Å². The zero-order valence-electron chi connectivity index (χ0n) is 9.30. The molecule has 2 aromatic rings. The molecular weight excluding hydrogens is 331 g/mol. The van der Waals surface area contributed by atoms with Gasteiger partial charge in [-0.25, -0.2) is 0 Å². The van der Waals surface area contributed by atoms with Crippen molar-refractivity contribution in [3.05, 3.63) is 28.8 Å². The van der Waals surface area contributed by atoms with E-state index in [0.29, 0.717) is 5.75 Å². The molecule has 1 aromatic heterocycles. The molecule has 2 aliphatic heterocycles. The molecule has 3 nitrogen and oxygen atoms in total. The molecule has 2 aliphatic rings. The molecule has 0 unspecified atom stereocenters. The summed E-state index contributed by atoms with van der Waals surface area (Å²) >= 11 is 3.72. The Balaban J connectivity index is 1.97. The Hall–Kier alpha value is -0.551. The molecule has 0 bridgehead atoms. The number of carbonyl (C=O) groups excluding carboxylic acids is 1. The van der Waals surface area contributed by atoms with Gasteiger partial charge in [0, 0.05) is 0 Å². The zero-order chi connectivity index (χ0) is 12.1. The summed E-state index contributed by atoms with van der Waals surface area (Å²) in [5, 5.41) is 4.27. The Kier molecular flexibility index (Phi) is 2.66. The number of hydrogen-bond donors (Lipinski definition) is 0. The summed E-state index contributed by atoms with van der Waals surface area (Å²) in [6.45, 7) is 0. The summed E-state index contributed by atoms with van der Waals surface area (Å²) in [4.78, 5) is 12.0. The van der Waals surface area contributed by atoms with E-state index in [4.69, 9.17) is 0 Å². The van der Waals surface area contributed by atoms with Crippen molar-refractivity contribution in [1.82, 2.24) is 9.19 Å². The molecule has 0 saturated heterocycles. The van der Waals surface area contributed by atoms with Crippen LogP contribution in [0, 0.1) is 0 Å². The van der Waals surface area contributed by atoms with Crippen molar-refractivity contribution < 1.29 is 4.79 Å². The number of nitrogens with zero attached hydrogens (tertiary/aromatic N) is 2. The average Bonchev–Trinajstić information content (AvgIpc) is 2.86. The van der Waals surface area contributed by atoms with Gasteiger partial charge in [0.1, 0.15) is 0 Å². The average molecular weight is 339 g/mol. The fraction of sp³-hybridized carbons (Fsp3) is 0.250. The summed E-state index contributed by atoms with van der Waals surface area (Å²) in [7, 11) is 0. The van der Waals surface area contributed by atoms with E-state index in [0.717, 1.165) is 28.3 Å². The van der Waals surface area contributed by atoms with E-state index in [1.807, 2.05) is 11.8 Å². The van der Waals surface area contributed by atoms with Crippen LogP contribution in [0.1, 0.15) is 21.5 Å². The molecule has 0 spiro atoms. The van der Waals surface area contributed by atoms with Crippen LogP contribution >= 0.6 is 23.5 Å². The van der Waals surface area contributed by atoms with Crippen LogP contribution < -0.4 is 0 Å². The Morgan fingerprint density at radius 3 is 2.94 bits per heavy atom. The Morgan fingerprint density at radius 2 is 2.00 bits per heavy atom. The Bertz CT molecular complexity index is 668. The minimum absolute atomic E-state index is 0.160. The van der Waals surface area contributed by atoms with E-state index in [2.05, 4.69) is 21.3 Å². The number of thioether (sulfide) groups is 2. The molecule has 6 heteroatoms. The molecule has 0 N–H and O–H groups in total. The van der Waals surface area contributed by atoms with Crippen LogP contribution in [-0.4, -0.2) is 35.5 Å². The number of carbonyl (C=O) groups is 1. The first-order chi connectivity index (χ1) is 8.83. The van der Waals surface area contributed by atoms with Gasteiger partial charge in [0.2, 0.25) is 0 Å². The molecule has 0 amide bonds. The number of Topliss-reactive ketones (excluding diaryl/α,β-unsaturated/α-hetero) is 1. The van der Waals surface area contributed by atoms with E-state index < -0.39 is 0 Å². The third-order valence-electron chi connectivity index (χ3n) is 3.19. The van der Waals surface area contributed by atoms with Crippen molar-refractivity contribution in [2.24, 2.45) is 0 Å². The van der Waals surface area contributed by atoms with Gasteiger partial charge in [-0.1, -0.05) is 0 Å². The summed E-state index contributed by atoms with van der Waals surface area (Å²) in [5.41, 5.74) is 5.58. The summed E-state index contributed by atoms with van der Waals surface area (Å²) in [6.07, 6.45) is 0. The van der Waals surface area contributed by atoms with E-state index in [9.17, 15) is 4.79 Å². The molecule has 0 fully saturated rings. The van der Waals surface area contributed by atoms with E-state index in [1.54, 1.807) is 11.8 Å². The number of fused-ring (bicyclic) bond motifs is 4. The molecule has 0 aliphatic carbocycles. The second-order valence-corrected chi connectivity index (χ2v) is 8.42. The van der Waals surface area contributed by atoms with E-state index in [-0.39, 0.29) is 20.5 Å². The van der Waals surface area contributed by atoms with Crippen LogP contribution in [0.4, 0.5) is 0 Å². The standard InChI is InChI=1S/C12H8N2OS2Se/c15-10-5-16-3-6-1-7-4-17-12-11(13-14-18-12)9(7)2-8(6)10/h1-2H,3-5H2. The second kappa shape index (κ2) is 4.23. The monoisotopic (exact) mass is 340 g/mol. The van der Waals surface area contributed by atoms with Gasteiger partial charge >= 0.3 is 119 Å². The van der Waals surface area contributed by atoms with Gasteiger partial charge in [0.15, 0.2) is 0 Å². The van der Waals surface area contributed by atoms with Crippen LogP contribution in [0.3, 0.4) is 0 Å². The number of ketones is 1. The van der Waals surface area contributed by atoms with Crippen molar-refractivity contribution in [3.63, 3.8) is 0 Å². The molecule has 0 radical (unpaired) electrons.